The summed E-state index contributed by atoms with van der Waals surface area (Å²) in [5.74, 6) is -1.49. The van der Waals surface area contributed by atoms with Crippen molar-refractivity contribution in [1.29, 1.82) is 0 Å². The van der Waals surface area contributed by atoms with Crippen molar-refractivity contribution in [3.8, 4) is 0 Å². The Bertz CT molecular complexity index is 619. The number of rotatable bonds is 2. The molecule has 0 bridgehead atoms. The smallest absolute Gasteiger partial charge is 0.382 e. The number of aliphatic hydroxyl groups is 1. The fourth-order valence-electron chi connectivity index (χ4n) is 1.86. The lowest BCUT2D eigenvalue weighted by molar-refractivity contribution is -0.140. The zero-order valence-electron chi connectivity index (χ0n) is 10.1. The van der Waals surface area contributed by atoms with E-state index < -0.39 is 29.2 Å². The number of benzene rings is 1. The van der Waals surface area contributed by atoms with Crippen molar-refractivity contribution in [2.45, 2.75) is 12.3 Å². The fraction of sp³-hybridized carbons (Fsp3) is 0.250. The SMILES string of the molecule is Cn1ncc(Br)c1C(O)c1cccc(C(F)(F)F)c1F. The summed E-state index contributed by atoms with van der Waals surface area (Å²) >= 11 is 3.11. The molecule has 8 heteroatoms. The monoisotopic (exact) mass is 352 g/mol. The van der Waals surface area contributed by atoms with Crippen molar-refractivity contribution in [2.24, 2.45) is 7.05 Å². The van der Waals surface area contributed by atoms with Crippen molar-refractivity contribution in [3.05, 3.63) is 51.5 Å². The van der Waals surface area contributed by atoms with Crippen molar-refractivity contribution >= 4 is 15.9 Å². The minimum Gasteiger partial charge on any atom is -0.382 e. The molecule has 0 radical (unpaired) electrons. The Balaban J connectivity index is 2.54. The molecule has 0 aliphatic heterocycles. The van der Waals surface area contributed by atoms with E-state index >= 15 is 0 Å². The summed E-state index contributed by atoms with van der Waals surface area (Å²) in [6.07, 6.45) is -5.01. The van der Waals surface area contributed by atoms with E-state index in [1.54, 1.807) is 0 Å². The van der Waals surface area contributed by atoms with Gasteiger partial charge in [-0.3, -0.25) is 4.68 Å². The maximum absolute atomic E-state index is 13.9. The molecular formula is C12H9BrF4N2O. The molecule has 1 aromatic heterocycles. The highest BCUT2D eigenvalue weighted by Crippen LogP contribution is 2.36. The van der Waals surface area contributed by atoms with Gasteiger partial charge >= 0.3 is 6.18 Å². The predicted octanol–water partition coefficient (Wildman–Crippen LogP) is 3.42. The van der Waals surface area contributed by atoms with Crippen LogP contribution in [0.4, 0.5) is 17.6 Å². The number of alkyl halides is 3. The molecule has 0 saturated carbocycles. The number of hydrogen-bond acceptors (Lipinski definition) is 2. The summed E-state index contributed by atoms with van der Waals surface area (Å²) < 4.78 is 53.5. The van der Waals surface area contributed by atoms with E-state index in [1.807, 2.05) is 0 Å². The summed E-state index contributed by atoms with van der Waals surface area (Å²) in [5.41, 5.74) is -1.69. The average Bonchev–Trinajstić information content (AvgIpc) is 2.67. The quantitative estimate of drug-likeness (QED) is 0.841. The first-order valence-corrected chi connectivity index (χ1v) is 6.24. The van der Waals surface area contributed by atoms with Gasteiger partial charge in [0.25, 0.3) is 0 Å². The molecule has 0 aliphatic rings. The van der Waals surface area contributed by atoms with Gasteiger partial charge in [0.1, 0.15) is 11.9 Å². The van der Waals surface area contributed by atoms with Crippen molar-refractivity contribution in [2.75, 3.05) is 0 Å². The van der Waals surface area contributed by atoms with Crippen LogP contribution in [0.5, 0.6) is 0 Å². The van der Waals surface area contributed by atoms with Gasteiger partial charge in [-0.05, 0) is 22.0 Å². The van der Waals surface area contributed by atoms with Gasteiger partial charge in [-0.2, -0.15) is 18.3 Å². The van der Waals surface area contributed by atoms with Crippen LogP contribution in [0.25, 0.3) is 0 Å². The molecule has 1 heterocycles. The standard InChI is InChI=1S/C12H9BrF4N2O/c1-19-10(8(13)5-18-19)11(20)6-3-2-4-7(9(6)14)12(15,16)17/h2-5,11,20H,1H3. The van der Waals surface area contributed by atoms with Crippen LogP contribution in [0.2, 0.25) is 0 Å². The second-order valence-electron chi connectivity index (χ2n) is 4.11. The third-order valence-corrected chi connectivity index (χ3v) is 3.44. The van der Waals surface area contributed by atoms with Gasteiger partial charge in [-0.15, -0.1) is 0 Å². The highest BCUT2D eigenvalue weighted by Gasteiger charge is 2.36. The average molecular weight is 353 g/mol. The molecule has 3 nitrogen and oxygen atoms in total. The lowest BCUT2D eigenvalue weighted by atomic mass is 10.0. The van der Waals surface area contributed by atoms with Gasteiger partial charge in [0.15, 0.2) is 0 Å². The Labute approximate surface area is 120 Å². The number of aromatic nitrogens is 2. The minimum atomic E-state index is -4.82. The van der Waals surface area contributed by atoms with Gasteiger partial charge in [-0.25, -0.2) is 4.39 Å². The van der Waals surface area contributed by atoms with E-state index in [-0.39, 0.29) is 5.69 Å². The molecular weight excluding hydrogens is 344 g/mol. The summed E-state index contributed by atoms with van der Waals surface area (Å²) in [6, 6.07) is 2.78. The molecule has 0 saturated heterocycles. The number of aliphatic hydroxyl groups excluding tert-OH is 1. The van der Waals surface area contributed by atoms with E-state index in [4.69, 9.17) is 0 Å². The molecule has 0 amide bonds. The van der Waals surface area contributed by atoms with E-state index in [9.17, 15) is 22.7 Å². The van der Waals surface area contributed by atoms with Gasteiger partial charge in [0, 0.05) is 12.6 Å². The number of nitrogens with zero attached hydrogens (tertiary/aromatic N) is 2. The van der Waals surface area contributed by atoms with Crippen LogP contribution in [0.1, 0.15) is 22.9 Å². The Morgan fingerprint density at radius 3 is 2.50 bits per heavy atom. The molecule has 108 valence electrons. The van der Waals surface area contributed by atoms with Gasteiger partial charge < -0.3 is 5.11 Å². The molecule has 0 aliphatic carbocycles. The lowest BCUT2D eigenvalue weighted by Gasteiger charge is -2.16. The van der Waals surface area contributed by atoms with Crippen LogP contribution in [-0.4, -0.2) is 14.9 Å². The van der Waals surface area contributed by atoms with Crippen molar-refractivity contribution in [3.63, 3.8) is 0 Å². The first-order valence-electron chi connectivity index (χ1n) is 5.44. The highest BCUT2D eigenvalue weighted by molar-refractivity contribution is 9.10. The first-order chi connectivity index (χ1) is 9.23. The van der Waals surface area contributed by atoms with Crippen LogP contribution in [0.15, 0.2) is 28.9 Å². The molecule has 1 aromatic carbocycles. The molecule has 20 heavy (non-hydrogen) atoms. The minimum absolute atomic E-state index is 0.170. The Kier molecular flexibility index (Phi) is 3.88. The normalized spacial score (nSPS) is 13.6. The summed E-state index contributed by atoms with van der Waals surface area (Å²) in [6.45, 7) is 0. The molecule has 1 atom stereocenters. The maximum Gasteiger partial charge on any atom is 0.419 e. The van der Waals surface area contributed by atoms with Crippen LogP contribution in [-0.2, 0) is 13.2 Å². The fourth-order valence-corrected chi connectivity index (χ4v) is 2.42. The molecule has 0 fully saturated rings. The van der Waals surface area contributed by atoms with Gasteiger partial charge in [-0.1, -0.05) is 12.1 Å². The molecule has 1 unspecified atom stereocenters. The number of aryl methyl sites for hydroxylation is 1. The van der Waals surface area contributed by atoms with Gasteiger partial charge in [0.2, 0.25) is 0 Å². The Hall–Kier alpha value is -1.41. The zero-order chi connectivity index (χ0) is 15.1. The lowest BCUT2D eigenvalue weighted by Crippen LogP contribution is -2.14. The summed E-state index contributed by atoms with van der Waals surface area (Å²) in [4.78, 5) is 0. The van der Waals surface area contributed by atoms with Crippen LogP contribution in [0.3, 0.4) is 0 Å². The Morgan fingerprint density at radius 2 is 2.00 bits per heavy atom. The molecule has 2 aromatic rings. The molecule has 0 spiro atoms. The summed E-state index contributed by atoms with van der Waals surface area (Å²) in [5, 5.41) is 13.9. The highest BCUT2D eigenvalue weighted by atomic mass is 79.9. The third kappa shape index (κ3) is 2.57. The second-order valence-corrected chi connectivity index (χ2v) is 4.96. The van der Waals surface area contributed by atoms with Crippen molar-refractivity contribution in [1.82, 2.24) is 9.78 Å². The Morgan fingerprint density at radius 1 is 1.35 bits per heavy atom. The van der Waals surface area contributed by atoms with Crippen LogP contribution >= 0.6 is 15.9 Å². The second kappa shape index (κ2) is 5.17. The third-order valence-electron chi connectivity index (χ3n) is 2.83. The first kappa shape index (κ1) is 15.0. The van der Waals surface area contributed by atoms with E-state index in [0.29, 0.717) is 10.5 Å². The number of halogens is 5. The summed E-state index contributed by atoms with van der Waals surface area (Å²) in [7, 11) is 1.49. The van der Waals surface area contributed by atoms with E-state index in [0.717, 1.165) is 12.1 Å². The zero-order valence-corrected chi connectivity index (χ0v) is 11.7. The predicted molar refractivity (Wildman–Crippen MR) is 66.4 cm³/mol. The van der Waals surface area contributed by atoms with Crippen molar-refractivity contribution < 1.29 is 22.7 Å². The maximum atomic E-state index is 13.9. The number of hydrogen-bond donors (Lipinski definition) is 1. The van der Waals surface area contributed by atoms with E-state index in [2.05, 4.69) is 21.0 Å². The largest absolute Gasteiger partial charge is 0.419 e. The van der Waals surface area contributed by atoms with Crippen LogP contribution < -0.4 is 0 Å². The molecule has 2 rings (SSSR count). The molecule has 1 N–H and O–H groups in total. The topological polar surface area (TPSA) is 38.0 Å². The van der Waals surface area contributed by atoms with Crippen LogP contribution in [0, 0.1) is 5.82 Å². The van der Waals surface area contributed by atoms with Gasteiger partial charge in [0.05, 0.1) is 21.9 Å². The van der Waals surface area contributed by atoms with E-state index in [1.165, 1.54) is 17.9 Å².